The van der Waals surface area contributed by atoms with E-state index in [0.717, 1.165) is 35.4 Å². The summed E-state index contributed by atoms with van der Waals surface area (Å²) in [6.45, 7) is 0.801. The van der Waals surface area contributed by atoms with Crippen molar-refractivity contribution in [3.05, 3.63) is 27.6 Å². The molecule has 1 aliphatic rings. The van der Waals surface area contributed by atoms with Gasteiger partial charge in [0, 0.05) is 6.54 Å². The maximum absolute atomic E-state index is 12.1. The van der Waals surface area contributed by atoms with E-state index >= 15 is 0 Å². The summed E-state index contributed by atoms with van der Waals surface area (Å²) in [6, 6.07) is 1.86. The molecular weight excluding hydrogens is 276 g/mol. The van der Waals surface area contributed by atoms with Gasteiger partial charge in [0.05, 0.1) is 10.2 Å². The second-order valence-corrected chi connectivity index (χ2v) is 5.68. The fourth-order valence-electron chi connectivity index (χ4n) is 1.98. The van der Waals surface area contributed by atoms with Crippen LogP contribution in [0.1, 0.15) is 23.5 Å². The maximum Gasteiger partial charge on any atom is 0.262 e. The molecule has 0 aromatic carbocycles. The first-order valence-corrected chi connectivity index (χ1v) is 6.69. The Bertz CT molecular complexity index is 574. The van der Waals surface area contributed by atoms with Gasteiger partial charge in [0.1, 0.15) is 10.7 Å². The van der Waals surface area contributed by atoms with Crippen molar-refractivity contribution in [1.82, 2.24) is 9.55 Å². The van der Waals surface area contributed by atoms with E-state index in [-0.39, 0.29) is 10.4 Å². The highest BCUT2D eigenvalue weighted by Crippen LogP contribution is 2.31. The first-order valence-electron chi connectivity index (χ1n) is 4.89. The zero-order valence-electron chi connectivity index (χ0n) is 7.94. The van der Waals surface area contributed by atoms with Crippen LogP contribution in [0.25, 0.3) is 10.2 Å². The molecule has 0 aliphatic carbocycles. The van der Waals surface area contributed by atoms with Crippen molar-refractivity contribution < 1.29 is 0 Å². The van der Waals surface area contributed by atoms with Crippen molar-refractivity contribution in [2.45, 2.75) is 24.2 Å². The summed E-state index contributed by atoms with van der Waals surface area (Å²) in [7, 11) is 0. The highest BCUT2D eigenvalue weighted by Gasteiger charge is 2.21. The highest BCUT2D eigenvalue weighted by molar-refractivity contribution is 9.09. The monoisotopic (exact) mass is 284 g/mol. The largest absolute Gasteiger partial charge is 0.295 e. The third kappa shape index (κ3) is 1.37. The Morgan fingerprint density at radius 3 is 3.33 bits per heavy atom. The minimum absolute atomic E-state index is 0.111. The Hall–Kier alpha value is -0.680. The van der Waals surface area contributed by atoms with Gasteiger partial charge in [-0.05, 0) is 24.3 Å². The third-order valence-electron chi connectivity index (χ3n) is 2.73. The van der Waals surface area contributed by atoms with Crippen molar-refractivity contribution in [2.24, 2.45) is 0 Å². The van der Waals surface area contributed by atoms with Gasteiger partial charge in [0.2, 0.25) is 0 Å². The number of hydrogen-bond donors (Lipinski definition) is 0. The van der Waals surface area contributed by atoms with Crippen LogP contribution in [0, 0.1) is 0 Å². The van der Waals surface area contributed by atoms with Crippen molar-refractivity contribution in [3.63, 3.8) is 0 Å². The lowest BCUT2D eigenvalue weighted by atomic mass is 10.1. The number of nitrogens with zero attached hydrogens (tertiary/aromatic N) is 2. The molecule has 3 nitrogen and oxygen atoms in total. The van der Waals surface area contributed by atoms with Crippen LogP contribution in [0.4, 0.5) is 0 Å². The fourth-order valence-corrected chi connectivity index (χ4v) is 3.41. The molecule has 0 unspecified atom stereocenters. The van der Waals surface area contributed by atoms with Gasteiger partial charge >= 0.3 is 0 Å². The number of thiophene rings is 1. The van der Waals surface area contributed by atoms with Gasteiger partial charge in [-0.15, -0.1) is 11.3 Å². The minimum atomic E-state index is 0.111. The van der Waals surface area contributed by atoms with Crippen LogP contribution in [-0.2, 0) is 6.54 Å². The van der Waals surface area contributed by atoms with Crippen LogP contribution in [0.5, 0.6) is 0 Å². The summed E-state index contributed by atoms with van der Waals surface area (Å²) >= 11 is 5.11. The average molecular weight is 285 g/mol. The summed E-state index contributed by atoms with van der Waals surface area (Å²) in [5.74, 6) is 0.890. The zero-order chi connectivity index (χ0) is 10.4. The molecule has 0 saturated carbocycles. The van der Waals surface area contributed by atoms with Gasteiger partial charge in [-0.1, -0.05) is 15.9 Å². The van der Waals surface area contributed by atoms with Gasteiger partial charge in [0.15, 0.2) is 0 Å². The number of hydrogen-bond acceptors (Lipinski definition) is 3. The zero-order valence-corrected chi connectivity index (χ0v) is 10.3. The quantitative estimate of drug-likeness (QED) is 0.697. The first kappa shape index (κ1) is 9.54. The normalized spacial score (nSPS) is 20.5. The predicted molar refractivity (Wildman–Crippen MR) is 64.8 cm³/mol. The predicted octanol–water partition coefficient (Wildman–Crippen LogP) is 2.69. The molecule has 3 rings (SSSR count). The second-order valence-electron chi connectivity index (χ2n) is 3.68. The average Bonchev–Trinajstić information content (AvgIpc) is 2.68. The third-order valence-corrected chi connectivity index (χ3v) is 4.41. The molecule has 0 fully saturated rings. The molecule has 2 aromatic heterocycles. The van der Waals surface area contributed by atoms with Crippen LogP contribution < -0.4 is 5.56 Å². The van der Waals surface area contributed by atoms with Crippen LogP contribution in [-0.4, -0.2) is 9.55 Å². The van der Waals surface area contributed by atoms with E-state index in [1.54, 1.807) is 4.57 Å². The Morgan fingerprint density at radius 2 is 2.47 bits per heavy atom. The Balaban J connectivity index is 2.41. The molecule has 0 saturated heterocycles. The summed E-state index contributed by atoms with van der Waals surface area (Å²) in [5, 5.41) is 2.68. The summed E-state index contributed by atoms with van der Waals surface area (Å²) in [4.78, 5) is 17.7. The molecule has 0 radical (unpaired) electrons. The molecule has 0 N–H and O–H groups in total. The number of rotatable bonds is 0. The number of alkyl halides is 1. The fraction of sp³-hybridized carbons (Fsp3) is 0.400. The van der Waals surface area contributed by atoms with E-state index in [1.165, 1.54) is 11.3 Å². The molecule has 1 atom stereocenters. The number of aromatic nitrogens is 2. The molecule has 0 amide bonds. The summed E-state index contributed by atoms with van der Waals surface area (Å²) < 4.78 is 1.80. The van der Waals surface area contributed by atoms with E-state index in [9.17, 15) is 4.79 Å². The lowest BCUT2D eigenvalue weighted by molar-refractivity contribution is 0.498. The van der Waals surface area contributed by atoms with Gasteiger partial charge in [0.25, 0.3) is 5.56 Å². The molecule has 0 bridgehead atoms. The summed E-state index contributed by atoms with van der Waals surface area (Å²) in [5.41, 5.74) is 0.111. The second kappa shape index (κ2) is 3.42. The van der Waals surface area contributed by atoms with Crippen LogP contribution >= 0.6 is 27.3 Å². The van der Waals surface area contributed by atoms with Crippen LogP contribution in [0.2, 0.25) is 0 Å². The highest BCUT2D eigenvalue weighted by atomic mass is 79.9. The van der Waals surface area contributed by atoms with Crippen molar-refractivity contribution in [1.29, 1.82) is 0 Å². The van der Waals surface area contributed by atoms with Crippen molar-refractivity contribution in [3.8, 4) is 0 Å². The van der Waals surface area contributed by atoms with Gasteiger partial charge in [-0.25, -0.2) is 4.98 Å². The lowest BCUT2D eigenvalue weighted by Gasteiger charge is -2.21. The van der Waals surface area contributed by atoms with Gasteiger partial charge < -0.3 is 0 Å². The van der Waals surface area contributed by atoms with Crippen LogP contribution in [0.3, 0.4) is 0 Å². The maximum atomic E-state index is 12.1. The van der Waals surface area contributed by atoms with Gasteiger partial charge in [-0.2, -0.15) is 0 Å². The number of fused-ring (bicyclic) bond motifs is 2. The Labute approximate surface area is 98.9 Å². The molecule has 1 aliphatic heterocycles. The van der Waals surface area contributed by atoms with Crippen molar-refractivity contribution in [2.75, 3.05) is 0 Å². The minimum Gasteiger partial charge on any atom is -0.295 e. The van der Waals surface area contributed by atoms with E-state index in [4.69, 9.17) is 0 Å². The van der Waals surface area contributed by atoms with E-state index in [0.29, 0.717) is 0 Å². The SMILES string of the molecule is O=c1c2ccsc2nc2n1CCC[C@@H]2Br. The molecule has 78 valence electrons. The Morgan fingerprint density at radius 1 is 1.60 bits per heavy atom. The Kier molecular flexibility index (Phi) is 2.17. The summed E-state index contributed by atoms with van der Waals surface area (Å²) in [6.07, 6.45) is 2.10. The molecule has 15 heavy (non-hydrogen) atoms. The number of halogens is 1. The van der Waals surface area contributed by atoms with E-state index in [2.05, 4.69) is 20.9 Å². The molecule has 3 heterocycles. The smallest absolute Gasteiger partial charge is 0.262 e. The van der Waals surface area contributed by atoms with E-state index < -0.39 is 0 Å². The van der Waals surface area contributed by atoms with Crippen LogP contribution in [0.15, 0.2) is 16.2 Å². The molecule has 5 heteroatoms. The van der Waals surface area contributed by atoms with Crippen molar-refractivity contribution >= 4 is 37.5 Å². The standard InChI is InChI=1S/C10H9BrN2OS/c11-7-2-1-4-13-8(7)12-9-6(10(13)14)3-5-15-9/h3,5,7H,1-2,4H2/t7-/m0/s1. The molecule has 0 spiro atoms. The molecular formula is C10H9BrN2OS. The van der Waals surface area contributed by atoms with Gasteiger partial charge in [-0.3, -0.25) is 9.36 Å². The molecule has 2 aromatic rings. The topological polar surface area (TPSA) is 34.9 Å². The van der Waals surface area contributed by atoms with E-state index in [1.807, 2.05) is 11.4 Å². The first-order chi connectivity index (χ1) is 7.27. The lowest BCUT2D eigenvalue weighted by Crippen LogP contribution is -2.28.